The Kier molecular flexibility index (Phi) is 5.98. The standard InChI is InChI=1S/C19H22ClN3O5/c1-10(23-17(25)13-5-3-4-6-14(13)18(23)26)19(27)28-11(2)16(24)22-15-8-7-12(20)9-21-15/h7-11,13-14H,3-6H2,1-2H3,(H,21,22,24)/t10-,11+,13-,14+/m0/s1. The Morgan fingerprint density at radius 1 is 1.18 bits per heavy atom. The van der Waals surface area contributed by atoms with Crippen molar-refractivity contribution in [3.8, 4) is 0 Å². The van der Waals surface area contributed by atoms with E-state index in [0.29, 0.717) is 17.9 Å². The van der Waals surface area contributed by atoms with Gasteiger partial charge >= 0.3 is 5.97 Å². The summed E-state index contributed by atoms with van der Waals surface area (Å²) >= 11 is 5.74. The lowest BCUT2D eigenvalue weighted by molar-refractivity contribution is -0.163. The Morgan fingerprint density at radius 2 is 1.79 bits per heavy atom. The molecular formula is C19H22ClN3O5. The predicted octanol–water partition coefficient (Wildman–Crippen LogP) is 2.17. The third-order valence-corrected chi connectivity index (χ3v) is 5.47. The first kappa shape index (κ1) is 20.3. The monoisotopic (exact) mass is 407 g/mol. The van der Waals surface area contributed by atoms with E-state index >= 15 is 0 Å². The van der Waals surface area contributed by atoms with Gasteiger partial charge in [0.25, 0.3) is 5.91 Å². The second kappa shape index (κ2) is 8.26. The highest BCUT2D eigenvalue weighted by molar-refractivity contribution is 6.30. The first-order valence-corrected chi connectivity index (χ1v) is 9.67. The van der Waals surface area contributed by atoms with Gasteiger partial charge in [-0.3, -0.25) is 19.3 Å². The summed E-state index contributed by atoms with van der Waals surface area (Å²) < 4.78 is 5.18. The molecule has 8 nitrogen and oxygen atoms in total. The van der Waals surface area contributed by atoms with Crippen LogP contribution < -0.4 is 5.32 Å². The predicted molar refractivity (Wildman–Crippen MR) is 100 cm³/mol. The number of carbonyl (C=O) groups excluding carboxylic acids is 4. The minimum Gasteiger partial charge on any atom is -0.451 e. The number of anilines is 1. The van der Waals surface area contributed by atoms with Crippen molar-refractivity contribution >= 4 is 41.1 Å². The number of hydrogen-bond acceptors (Lipinski definition) is 6. The molecule has 1 aromatic rings. The number of likely N-dealkylation sites (tertiary alicyclic amines) is 1. The van der Waals surface area contributed by atoms with Gasteiger partial charge in [0.05, 0.1) is 16.9 Å². The zero-order valence-electron chi connectivity index (χ0n) is 15.7. The molecule has 0 radical (unpaired) electrons. The van der Waals surface area contributed by atoms with Crippen molar-refractivity contribution in [1.82, 2.24) is 9.88 Å². The van der Waals surface area contributed by atoms with Gasteiger partial charge in [0, 0.05) is 6.20 Å². The van der Waals surface area contributed by atoms with Crippen LogP contribution in [0, 0.1) is 11.8 Å². The Bertz CT molecular complexity index is 773. The Morgan fingerprint density at radius 3 is 2.32 bits per heavy atom. The summed E-state index contributed by atoms with van der Waals surface area (Å²) in [5, 5.41) is 2.93. The van der Waals surface area contributed by atoms with Crippen LogP contribution in [0.2, 0.25) is 5.02 Å². The molecule has 0 bridgehead atoms. The van der Waals surface area contributed by atoms with Crippen molar-refractivity contribution < 1.29 is 23.9 Å². The maximum atomic E-state index is 12.6. The van der Waals surface area contributed by atoms with Crippen molar-refractivity contribution in [3.63, 3.8) is 0 Å². The Hall–Kier alpha value is -2.48. The molecule has 28 heavy (non-hydrogen) atoms. The lowest BCUT2D eigenvalue weighted by Crippen LogP contribution is -2.46. The fourth-order valence-corrected chi connectivity index (χ4v) is 3.79. The summed E-state index contributed by atoms with van der Waals surface area (Å²) in [6.07, 6.45) is 3.40. The third kappa shape index (κ3) is 4.01. The number of rotatable bonds is 5. The van der Waals surface area contributed by atoms with Gasteiger partial charge < -0.3 is 10.1 Å². The lowest BCUT2D eigenvalue weighted by Gasteiger charge is -2.23. The fourth-order valence-electron chi connectivity index (χ4n) is 3.68. The largest absolute Gasteiger partial charge is 0.451 e. The molecule has 3 amide bonds. The summed E-state index contributed by atoms with van der Waals surface area (Å²) in [6, 6.07) is 2.00. The van der Waals surface area contributed by atoms with E-state index in [-0.39, 0.29) is 29.5 Å². The van der Waals surface area contributed by atoms with Gasteiger partial charge in [0.15, 0.2) is 6.10 Å². The number of ether oxygens (including phenoxy) is 1. The highest BCUT2D eigenvalue weighted by atomic mass is 35.5. The normalized spacial score (nSPS) is 23.8. The topological polar surface area (TPSA) is 106 Å². The maximum Gasteiger partial charge on any atom is 0.329 e. The van der Waals surface area contributed by atoms with Crippen molar-refractivity contribution in [2.45, 2.75) is 51.7 Å². The smallest absolute Gasteiger partial charge is 0.329 e. The zero-order chi connectivity index (χ0) is 20.4. The molecule has 1 saturated carbocycles. The van der Waals surface area contributed by atoms with E-state index in [2.05, 4.69) is 10.3 Å². The van der Waals surface area contributed by atoms with Crippen LogP contribution in [0.15, 0.2) is 18.3 Å². The highest BCUT2D eigenvalue weighted by Gasteiger charge is 2.51. The van der Waals surface area contributed by atoms with E-state index in [0.717, 1.165) is 17.7 Å². The Balaban J connectivity index is 1.60. The van der Waals surface area contributed by atoms with Crippen molar-refractivity contribution in [2.75, 3.05) is 5.32 Å². The minimum absolute atomic E-state index is 0.263. The molecule has 4 atom stereocenters. The van der Waals surface area contributed by atoms with Crippen molar-refractivity contribution in [1.29, 1.82) is 0 Å². The molecule has 1 aliphatic carbocycles. The van der Waals surface area contributed by atoms with Crippen molar-refractivity contribution in [2.24, 2.45) is 11.8 Å². The van der Waals surface area contributed by atoms with E-state index in [1.807, 2.05) is 0 Å². The summed E-state index contributed by atoms with van der Waals surface area (Å²) in [6.45, 7) is 2.85. The van der Waals surface area contributed by atoms with E-state index < -0.39 is 24.0 Å². The summed E-state index contributed by atoms with van der Waals surface area (Å²) in [7, 11) is 0. The van der Waals surface area contributed by atoms with E-state index in [9.17, 15) is 19.2 Å². The summed E-state index contributed by atoms with van der Waals surface area (Å²) in [4.78, 5) is 54.8. The minimum atomic E-state index is -1.12. The number of halogens is 1. The van der Waals surface area contributed by atoms with Gasteiger partial charge in [-0.15, -0.1) is 0 Å². The van der Waals surface area contributed by atoms with E-state index in [1.54, 1.807) is 6.07 Å². The van der Waals surface area contributed by atoms with Gasteiger partial charge in [-0.25, -0.2) is 9.78 Å². The molecule has 150 valence electrons. The third-order valence-electron chi connectivity index (χ3n) is 5.24. The van der Waals surface area contributed by atoms with E-state index in [4.69, 9.17) is 16.3 Å². The van der Waals surface area contributed by atoms with Crippen LogP contribution in [0.3, 0.4) is 0 Å². The molecule has 1 saturated heterocycles. The first-order chi connectivity index (χ1) is 13.3. The quantitative estimate of drug-likeness (QED) is 0.592. The van der Waals surface area contributed by atoms with Crippen LogP contribution in [-0.4, -0.2) is 45.7 Å². The number of hydrogen-bond donors (Lipinski definition) is 1. The van der Waals surface area contributed by atoms with Gasteiger partial charge in [-0.1, -0.05) is 24.4 Å². The maximum absolute atomic E-state index is 12.6. The number of imide groups is 1. The number of aromatic nitrogens is 1. The second-order valence-corrected chi connectivity index (χ2v) is 7.59. The van der Waals surface area contributed by atoms with E-state index in [1.165, 1.54) is 26.1 Å². The molecule has 1 N–H and O–H groups in total. The van der Waals surface area contributed by atoms with Crippen molar-refractivity contribution in [3.05, 3.63) is 23.4 Å². The number of esters is 1. The van der Waals surface area contributed by atoms with Crippen LogP contribution in [0.25, 0.3) is 0 Å². The molecule has 9 heteroatoms. The number of fused-ring (bicyclic) bond motifs is 1. The molecular weight excluding hydrogens is 386 g/mol. The highest BCUT2D eigenvalue weighted by Crippen LogP contribution is 2.38. The molecule has 3 rings (SSSR count). The summed E-state index contributed by atoms with van der Waals surface area (Å²) in [5.74, 6) is -2.43. The first-order valence-electron chi connectivity index (χ1n) is 9.29. The van der Waals surface area contributed by atoms with Crippen LogP contribution in [-0.2, 0) is 23.9 Å². The SMILES string of the molecule is C[C@@H](OC(=O)[C@H](C)N1C(=O)[C@H]2CCCC[C@H]2C1=O)C(=O)Nc1ccc(Cl)cn1. The van der Waals surface area contributed by atoms with Crippen LogP contribution in [0.1, 0.15) is 39.5 Å². The van der Waals surface area contributed by atoms with Gasteiger partial charge in [-0.05, 0) is 38.8 Å². The van der Waals surface area contributed by atoms with Crippen LogP contribution in [0.5, 0.6) is 0 Å². The van der Waals surface area contributed by atoms with Crippen LogP contribution >= 0.6 is 11.6 Å². The molecule has 2 fully saturated rings. The molecule has 1 aromatic heterocycles. The fraction of sp³-hybridized carbons (Fsp3) is 0.526. The molecule has 0 unspecified atom stereocenters. The average Bonchev–Trinajstić information content (AvgIpc) is 2.93. The number of amides is 3. The average molecular weight is 408 g/mol. The molecule has 0 aromatic carbocycles. The number of nitrogens with one attached hydrogen (secondary N) is 1. The lowest BCUT2D eigenvalue weighted by atomic mass is 9.81. The molecule has 0 spiro atoms. The molecule has 2 heterocycles. The van der Waals surface area contributed by atoms with Gasteiger partial charge in [0.2, 0.25) is 11.8 Å². The molecule has 1 aliphatic heterocycles. The zero-order valence-corrected chi connectivity index (χ0v) is 16.4. The second-order valence-electron chi connectivity index (χ2n) is 7.15. The number of carbonyl (C=O) groups is 4. The van der Waals surface area contributed by atoms with Gasteiger partial charge in [-0.2, -0.15) is 0 Å². The summed E-state index contributed by atoms with van der Waals surface area (Å²) in [5.41, 5.74) is 0. The number of pyridine rings is 1. The van der Waals surface area contributed by atoms with Gasteiger partial charge in [0.1, 0.15) is 11.9 Å². The van der Waals surface area contributed by atoms with Crippen LogP contribution in [0.4, 0.5) is 5.82 Å². The molecule has 2 aliphatic rings. The number of nitrogens with zero attached hydrogens (tertiary/aromatic N) is 2. The Labute approximate surface area is 167 Å².